The number of hydrogen-bond acceptors (Lipinski definition) is 5. The molecule has 3 rings (SSSR count). The lowest BCUT2D eigenvalue weighted by Crippen LogP contribution is -2.54. The van der Waals surface area contributed by atoms with Crippen LogP contribution in [0, 0.1) is 5.92 Å². The Morgan fingerprint density at radius 3 is 3.00 bits per heavy atom. The molecule has 3 heterocycles. The predicted octanol–water partition coefficient (Wildman–Crippen LogP) is 2.36. The lowest BCUT2D eigenvalue weighted by Gasteiger charge is -2.42. The molecule has 22 heavy (non-hydrogen) atoms. The predicted molar refractivity (Wildman–Crippen MR) is 88.1 cm³/mol. The first-order chi connectivity index (χ1) is 10.7. The average molecular weight is 303 g/mol. The van der Waals surface area contributed by atoms with Crippen molar-refractivity contribution in [3.63, 3.8) is 0 Å². The zero-order valence-corrected chi connectivity index (χ0v) is 13.4. The van der Waals surface area contributed by atoms with Crippen molar-refractivity contribution in [2.75, 3.05) is 37.7 Å². The number of aliphatic hydroxyl groups is 1. The van der Waals surface area contributed by atoms with Crippen LogP contribution in [0.15, 0.2) is 29.0 Å². The third-order valence-corrected chi connectivity index (χ3v) is 4.32. The van der Waals surface area contributed by atoms with E-state index in [9.17, 15) is 5.11 Å². The van der Waals surface area contributed by atoms with Crippen LogP contribution in [-0.4, -0.2) is 53.8 Å². The van der Waals surface area contributed by atoms with E-state index in [0.29, 0.717) is 12.0 Å². The molecule has 1 atom stereocenters. The third-order valence-electron chi connectivity index (χ3n) is 4.32. The van der Waals surface area contributed by atoms with Crippen molar-refractivity contribution in [3.05, 3.63) is 24.6 Å². The van der Waals surface area contributed by atoms with Gasteiger partial charge in [0.1, 0.15) is 11.4 Å². The molecule has 1 aliphatic heterocycles. The summed E-state index contributed by atoms with van der Waals surface area (Å²) in [6, 6.07) is 4.27. The largest absolute Gasteiger partial charge is 0.464 e. The van der Waals surface area contributed by atoms with E-state index in [1.165, 1.54) is 0 Å². The molecule has 1 N–H and O–H groups in total. The number of hydrogen-bond donors (Lipinski definition) is 1. The van der Waals surface area contributed by atoms with Gasteiger partial charge in [0, 0.05) is 45.0 Å². The molecule has 5 heteroatoms. The summed E-state index contributed by atoms with van der Waals surface area (Å²) in [7, 11) is 0. The molecule has 1 saturated heterocycles. The van der Waals surface area contributed by atoms with Crippen LogP contribution in [-0.2, 0) is 0 Å². The number of furan rings is 1. The second-order valence-corrected chi connectivity index (χ2v) is 6.47. The first-order valence-corrected chi connectivity index (χ1v) is 8.11. The van der Waals surface area contributed by atoms with E-state index in [-0.39, 0.29) is 6.61 Å². The molecule has 1 fully saturated rings. The highest BCUT2D eigenvalue weighted by molar-refractivity contribution is 5.88. The minimum absolute atomic E-state index is 0.233. The van der Waals surface area contributed by atoms with E-state index in [1.54, 1.807) is 6.26 Å². The fraction of sp³-hybridized carbons (Fsp3) is 0.588. The molecule has 1 aliphatic rings. The Bertz CT molecular complexity index is 611. The van der Waals surface area contributed by atoms with Crippen molar-refractivity contribution in [2.45, 2.75) is 26.3 Å². The first-order valence-electron chi connectivity index (χ1n) is 8.11. The molecular weight excluding hydrogens is 278 g/mol. The Morgan fingerprint density at radius 1 is 1.36 bits per heavy atom. The van der Waals surface area contributed by atoms with Crippen LogP contribution in [0.25, 0.3) is 11.0 Å². The monoisotopic (exact) mass is 303 g/mol. The molecular formula is C17H25N3O2. The molecule has 120 valence electrons. The van der Waals surface area contributed by atoms with Crippen LogP contribution in [0.3, 0.4) is 0 Å². The zero-order valence-electron chi connectivity index (χ0n) is 13.4. The summed E-state index contributed by atoms with van der Waals surface area (Å²) < 4.78 is 5.48. The number of pyridine rings is 1. The van der Waals surface area contributed by atoms with Gasteiger partial charge in [0.15, 0.2) is 0 Å². The normalized spacial score (nSPS) is 20.2. The molecule has 2 aromatic rings. The number of fused-ring (bicyclic) bond motifs is 1. The van der Waals surface area contributed by atoms with Gasteiger partial charge in [-0.05, 0) is 24.5 Å². The van der Waals surface area contributed by atoms with Crippen molar-refractivity contribution >= 4 is 16.8 Å². The summed E-state index contributed by atoms with van der Waals surface area (Å²) in [6.45, 7) is 8.69. The molecule has 0 bridgehead atoms. The van der Waals surface area contributed by atoms with Crippen molar-refractivity contribution in [2.24, 2.45) is 5.92 Å². The standard InChI is InChI=1S/C17H25N3O2/c1-13(2)11-19-7-8-20(12-14(19)4-9-21)17-15-5-10-22-16(15)3-6-18-17/h3,5-6,10,13-14,21H,4,7-9,11-12H2,1-2H3/t14-/m0/s1. The third kappa shape index (κ3) is 3.10. The van der Waals surface area contributed by atoms with Crippen LogP contribution in [0.4, 0.5) is 5.82 Å². The van der Waals surface area contributed by atoms with Gasteiger partial charge in [0.2, 0.25) is 0 Å². The lowest BCUT2D eigenvalue weighted by molar-refractivity contribution is 0.129. The molecule has 0 aliphatic carbocycles. The Balaban J connectivity index is 1.80. The van der Waals surface area contributed by atoms with Gasteiger partial charge in [-0.2, -0.15) is 0 Å². The van der Waals surface area contributed by atoms with E-state index >= 15 is 0 Å². The molecule has 0 aromatic carbocycles. The quantitative estimate of drug-likeness (QED) is 0.919. The maximum Gasteiger partial charge on any atom is 0.139 e. The fourth-order valence-corrected chi connectivity index (χ4v) is 3.35. The van der Waals surface area contributed by atoms with Crippen molar-refractivity contribution in [1.82, 2.24) is 9.88 Å². The van der Waals surface area contributed by atoms with Crippen LogP contribution in [0.1, 0.15) is 20.3 Å². The minimum atomic E-state index is 0.233. The fourth-order valence-electron chi connectivity index (χ4n) is 3.35. The van der Waals surface area contributed by atoms with Gasteiger partial charge in [-0.3, -0.25) is 4.90 Å². The van der Waals surface area contributed by atoms with Crippen molar-refractivity contribution < 1.29 is 9.52 Å². The smallest absolute Gasteiger partial charge is 0.139 e. The van der Waals surface area contributed by atoms with Gasteiger partial charge in [-0.25, -0.2) is 4.98 Å². The first kappa shape index (κ1) is 15.3. The van der Waals surface area contributed by atoms with Crippen LogP contribution in [0.2, 0.25) is 0 Å². The Labute approximate surface area is 131 Å². The van der Waals surface area contributed by atoms with Gasteiger partial charge in [-0.15, -0.1) is 0 Å². The van der Waals surface area contributed by atoms with E-state index in [0.717, 1.165) is 49.4 Å². The summed E-state index contributed by atoms with van der Waals surface area (Å²) >= 11 is 0. The van der Waals surface area contributed by atoms with Gasteiger partial charge < -0.3 is 14.4 Å². The van der Waals surface area contributed by atoms with Crippen molar-refractivity contribution in [3.8, 4) is 0 Å². The second-order valence-electron chi connectivity index (χ2n) is 6.47. The molecule has 2 aromatic heterocycles. The minimum Gasteiger partial charge on any atom is -0.464 e. The topological polar surface area (TPSA) is 52.7 Å². The summed E-state index contributed by atoms with van der Waals surface area (Å²) in [5, 5.41) is 10.5. The van der Waals surface area contributed by atoms with Gasteiger partial charge in [0.05, 0.1) is 11.6 Å². The Hall–Kier alpha value is -1.59. The Kier molecular flexibility index (Phi) is 4.64. The second kappa shape index (κ2) is 6.67. The van der Waals surface area contributed by atoms with Crippen molar-refractivity contribution in [1.29, 1.82) is 0 Å². The maximum absolute atomic E-state index is 9.39. The van der Waals surface area contributed by atoms with Crippen LogP contribution < -0.4 is 4.90 Å². The number of piperazine rings is 1. The molecule has 0 unspecified atom stereocenters. The molecule has 0 saturated carbocycles. The average Bonchev–Trinajstić information content (AvgIpc) is 2.97. The van der Waals surface area contributed by atoms with Crippen LogP contribution >= 0.6 is 0 Å². The summed E-state index contributed by atoms with van der Waals surface area (Å²) in [6.07, 6.45) is 4.34. The number of nitrogens with zero attached hydrogens (tertiary/aromatic N) is 3. The zero-order chi connectivity index (χ0) is 15.5. The van der Waals surface area contributed by atoms with Crippen LogP contribution in [0.5, 0.6) is 0 Å². The van der Waals surface area contributed by atoms with Gasteiger partial charge >= 0.3 is 0 Å². The number of aliphatic hydroxyl groups excluding tert-OH is 1. The highest BCUT2D eigenvalue weighted by atomic mass is 16.3. The van der Waals surface area contributed by atoms with E-state index < -0.39 is 0 Å². The summed E-state index contributed by atoms with van der Waals surface area (Å²) in [4.78, 5) is 9.40. The number of anilines is 1. The molecule has 0 spiro atoms. The maximum atomic E-state index is 9.39. The lowest BCUT2D eigenvalue weighted by atomic mass is 10.1. The molecule has 5 nitrogen and oxygen atoms in total. The summed E-state index contributed by atoms with van der Waals surface area (Å²) in [5.41, 5.74) is 0.883. The van der Waals surface area contributed by atoms with Gasteiger partial charge in [-0.1, -0.05) is 13.8 Å². The van der Waals surface area contributed by atoms with E-state index in [1.807, 2.05) is 18.3 Å². The molecule has 0 radical (unpaired) electrons. The van der Waals surface area contributed by atoms with Gasteiger partial charge in [0.25, 0.3) is 0 Å². The highest BCUT2D eigenvalue weighted by Gasteiger charge is 2.28. The SMILES string of the molecule is CC(C)CN1CCN(c2nccc3occc23)C[C@@H]1CCO. The summed E-state index contributed by atoms with van der Waals surface area (Å²) in [5.74, 6) is 1.64. The Morgan fingerprint density at radius 2 is 2.23 bits per heavy atom. The van der Waals surface area contributed by atoms with E-state index in [2.05, 4.69) is 28.6 Å². The molecule has 0 amide bonds. The number of aromatic nitrogens is 1. The highest BCUT2D eigenvalue weighted by Crippen LogP contribution is 2.27. The van der Waals surface area contributed by atoms with E-state index in [4.69, 9.17) is 4.42 Å². The number of rotatable bonds is 5.